The minimum absolute atomic E-state index is 0.0529. The molecule has 1 aromatic heterocycles. The van der Waals surface area contributed by atoms with Crippen molar-refractivity contribution in [2.75, 3.05) is 40.3 Å². The van der Waals surface area contributed by atoms with Crippen LogP contribution in [-0.2, 0) is 6.54 Å². The van der Waals surface area contributed by atoms with E-state index in [-0.39, 0.29) is 5.91 Å². The number of hydrogen-bond acceptors (Lipinski definition) is 4. The van der Waals surface area contributed by atoms with Gasteiger partial charge >= 0.3 is 0 Å². The predicted octanol–water partition coefficient (Wildman–Crippen LogP) is 2.43. The zero-order valence-corrected chi connectivity index (χ0v) is 14.5. The fourth-order valence-electron chi connectivity index (χ4n) is 3.69. The second-order valence-electron chi connectivity index (χ2n) is 7.09. The summed E-state index contributed by atoms with van der Waals surface area (Å²) >= 11 is 0. The normalized spacial score (nSPS) is 23.4. The van der Waals surface area contributed by atoms with Gasteiger partial charge in [0.1, 0.15) is 5.76 Å². The van der Waals surface area contributed by atoms with E-state index in [4.69, 9.17) is 4.42 Å². The van der Waals surface area contributed by atoms with E-state index in [1.807, 2.05) is 17.0 Å². The van der Waals surface area contributed by atoms with Crippen LogP contribution in [0.4, 0.5) is 0 Å². The SMILES string of the molecule is CN(C)[C@H]1CCCN(C(=O)c2ccc(CN3CCCC3)o2)CC1. The van der Waals surface area contributed by atoms with Crippen LogP contribution in [-0.4, -0.2) is 66.9 Å². The predicted molar refractivity (Wildman–Crippen MR) is 90.4 cm³/mol. The molecule has 0 saturated carbocycles. The summed E-state index contributed by atoms with van der Waals surface area (Å²) in [7, 11) is 4.25. The fourth-order valence-corrected chi connectivity index (χ4v) is 3.69. The quantitative estimate of drug-likeness (QED) is 0.854. The van der Waals surface area contributed by atoms with Gasteiger partial charge in [-0.1, -0.05) is 0 Å². The highest BCUT2D eigenvalue weighted by molar-refractivity contribution is 5.91. The summed E-state index contributed by atoms with van der Waals surface area (Å²) < 4.78 is 5.83. The lowest BCUT2D eigenvalue weighted by Crippen LogP contribution is -2.33. The van der Waals surface area contributed by atoms with E-state index in [9.17, 15) is 4.79 Å². The van der Waals surface area contributed by atoms with Crippen molar-refractivity contribution in [3.05, 3.63) is 23.7 Å². The molecule has 3 heterocycles. The van der Waals surface area contributed by atoms with Crippen molar-refractivity contribution in [3.8, 4) is 0 Å². The lowest BCUT2D eigenvalue weighted by atomic mass is 10.1. The minimum atomic E-state index is 0.0529. The van der Waals surface area contributed by atoms with E-state index in [1.54, 1.807) is 0 Å². The highest BCUT2D eigenvalue weighted by atomic mass is 16.4. The molecule has 0 radical (unpaired) electrons. The molecule has 1 aromatic rings. The zero-order valence-electron chi connectivity index (χ0n) is 14.5. The highest BCUT2D eigenvalue weighted by Gasteiger charge is 2.24. The monoisotopic (exact) mass is 319 g/mol. The molecule has 2 aliphatic heterocycles. The molecule has 0 spiro atoms. The molecular weight excluding hydrogens is 290 g/mol. The number of carbonyl (C=O) groups is 1. The van der Waals surface area contributed by atoms with Crippen molar-refractivity contribution in [2.24, 2.45) is 0 Å². The maximum atomic E-state index is 12.7. The Morgan fingerprint density at radius 3 is 2.65 bits per heavy atom. The van der Waals surface area contributed by atoms with Crippen LogP contribution in [0.2, 0.25) is 0 Å². The van der Waals surface area contributed by atoms with Gasteiger partial charge in [-0.05, 0) is 71.4 Å². The van der Waals surface area contributed by atoms with Crippen molar-refractivity contribution in [2.45, 2.75) is 44.7 Å². The van der Waals surface area contributed by atoms with Gasteiger partial charge in [-0.25, -0.2) is 0 Å². The fraction of sp³-hybridized carbons (Fsp3) is 0.722. The molecule has 2 saturated heterocycles. The smallest absolute Gasteiger partial charge is 0.289 e. The van der Waals surface area contributed by atoms with E-state index in [1.165, 1.54) is 12.8 Å². The van der Waals surface area contributed by atoms with Crippen molar-refractivity contribution < 1.29 is 9.21 Å². The Hall–Kier alpha value is -1.33. The minimum Gasteiger partial charge on any atom is -0.455 e. The molecule has 2 aliphatic rings. The first-order valence-electron chi connectivity index (χ1n) is 8.90. The Balaban J connectivity index is 1.58. The van der Waals surface area contributed by atoms with Gasteiger partial charge in [-0.15, -0.1) is 0 Å². The van der Waals surface area contributed by atoms with Crippen molar-refractivity contribution in [3.63, 3.8) is 0 Å². The van der Waals surface area contributed by atoms with Crippen LogP contribution in [0.3, 0.4) is 0 Å². The summed E-state index contributed by atoms with van der Waals surface area (Å²) in [5.74, 6) is 1.47. The lowest BCUT2D eigenvalue weighted by molar-refractivity contribution is 0.0723. The number of likely N-dealkylation sites (tertiary alicyclic amines) is 2. The summed E-state index contributed by atoms with van der Waals surface area (Å²) in [5, 5.41) is 0. The van der Waals surface area contributed by atoms with E-state index in [0.717, 1.165) is 57.7 Å². The Morgan fingerprint density at radius 1 is 1.13 bits per heavy atom. The average molecular weight is 319 g/mol. The van der Waals surface area contributed by atoms with Gasteiger partial charge in [0, 0.05) is 19.1 Å². The van der Waals surface area contributed by atoms with Gasteiger partial charge in [0.05, 0.1) is 6.54 Å². The molecule has 3 rings (SSSR count). The molecule has 0 aliphatic carbocycles. The van der Waals surface area contributed by atoms with E-state index in [0.29, 0.717) is 11.8 Å². The van der Waals surface area contributed by atoms with Crippen LogP contribution in [0.25, 0.3) is 0 Å². The molecule has 5 nitrogen and oxygen atoms in total. The van der Waals surface area contributed by atoms with Crippen molar-refractivity contribution in [1.29, 1.82) is 0 Å². The molecule has 0 N–H and O–H groups in total. The Kier molecular flexibility index (Phi) is 5.38. The first-order chi connectivity index (χ1) is 11.1. The second kappa shape index (κ2) is 7.49. The molecule has 0 bridgehead atoms. The summed E-state index contributed by atoms with van der Waals surface area (Å²) in [6, 6.07) is 4.39. The van der Waals surface area contributed by atoms with Crippen molar-refractivity contribution >= 4 is 5.91 Å². The van der Waals surface area contributed by atoms with Gasteiger partial charge in [0.15, 0.2) is 5.76 Å². The third-order valence-corrected chi connectivity index (χ3v) is 5.17. The molecule has 23 heavy (non-hydrogen) atoms. The third kappa shape index (κ3) is 4.15. The van der Waals surface area contributed by atoms with Gasteiger partial charge in [-0.2, -0.15) is 0 Å². The van der Waals surface area contributed by atoms with Crippen LogP contribution in [0.1, 0.15) is 48.4 Å². The maximum Gasteiger partial charge on any atom is 0.289 e. The van der Waals surface area contributed by atoms with Crippen molar-refractivity contribution in [1.82, 2.24) is 14.7 Å². The maximum absolute atomic E-state index is 12.7. The Labute approximate surface area is 139 Å². The van der Waals surface area contributed by atoms with Crippen LogP contribution >= 0.6 is 0 Å². The zero-order chi connectivity index (χ0) is 16.2. The molecular formula is C18H29N3O2. The number of furan rings is 1. The number of rotatable bonds is 4. The van der Waals surface area contributed by atoms with Gasteiger partial charge in [-0.3, -0.25) is 9.69 Å². The topological polar surface area (TPSA) is 39.9 Å². The summed E-state index contributed by atoms with van der Waals surface area (Å²) in [6.45, 7) is 4.77. The first kappa shape index (κ1) is 16.5. The van der Waals surface area contributed by atoms with Crippen LogP contribution < -0.4 is 0 Å². The van der Waals surface area contributed by atoms with Crippen LogP contribution in [0, 0.1) is 0 Å². The summed E-state index contributed by atoms with van der Waals surface area (Å²) in [6.07, 6.45) is 5.81. The number of amides is 1. The summed E-state index contributed by atoms with van der Waals surface area (Å²) in [5.41, 5.74) is 0. The Bertz CT molecular complexity index is 520. The first-order valence-corrected chi connectivity index (χ1v) is 8.90. The molecule has 0 unspecified atom stereocenters. The second-order valence-corrected chi connectivity index (χ2v) is 7.09. The highest BCUT2D eigenvalue weighted by Crippen LogP contribution is 2.19. The lowest BCUT2D eigenvalue weighted by Gasteiger charge is -2.23. The average Bonchev–Trinajstić information content (AvgIpc) is 3.14. The largest absolute Gasteiger partial charge is 0.455 e. The third-order valence-electron chi connectivity index (χ3n) is 5.17. The van der Waals surface area contributed by atoms with E-state index in [2.05, 4.69) is 23.9 Å². The van der Waals surface area contributed by atoms with Gasteiger partial charge in [0.2, 0.25) is 0 Å². The molecule has 1 atom stereocenters. The number of carbonyl (C=O) groups excluding carboxylic acids is 1. The van der Waals surface area contributed by atoms with E-state index >= 15 is 0 Å². The van der Waals surface area contributed by atoms with E-state index < -0.39 is 0 Å². The molecule has 1 amide bonds. The molecule has 128 valence electrons. The number of nitrogens with zero attached hydrogens (tertiary/aromatic N) is 3. The molecule has 5 heteroatoms. The standard InChI is InChI=1S/C18H29N3O2/c1-19(2)15-6-5-12-21(13-9-15)18(22)17-8-7-16(23-17)14-20-10-3-4-11-20/h7-8,15H,3-6,9-14H2,1-2H3/t15-/m0/s1. The molecule has 0 aromatic carbocycles. The molecule has 2 fully saturated rings. The van der Waals surface area contributed by atoms with Crippen LogP contribution in [0.5, 0.6) is 0 Å². The van der Waals surface area contributed by atoms with Crippen LogP contribution in [0.15, 0.2) is 16.5 Å². The summed E-state index contributed by atoms with van der Waals surface area (Å²) in [4.78, 5) is 19.3. The van der Waals surface area contributed by atoms with Gasteiger partial charge < -0.3 is 14.2 Å². The number of hydrogen-bond donors (Lipinski definition) is 0. The Morgan fingerprint density at radius 2 is 1.91 bits per heavy atom. The van der Waals surface area contributed by atoms with Gasteiger partial charge in [0.25, 0.3) is 5.91 Å².